The molecule has 0 radical (unpaired) electrons. The minimum absolute atomic E-state index is 0.107. The SMILES string of the molecule is O=S1(=O)c2ccccc2S(=O)(=O)C1(F)C(O)c1cccc(Cl)c1. The van der Waals surface area contributed by atoms with Crippen LogP contribution in [0.1, 0.15) is 11.7 Å². The summed E-state index contributed by atoms with van der Waals surface area (Å²) in [7, 11) is -9.92. The Morgan fingerprint density at radius 3 is 1.96 bits per heavy atom. The second-order valence-corrected chi connectivity index (χ2v) is 9.77. The van der Waals surface area contributed by atoms with Gasteiger partial charge in [0.1, 0.15) is 6.10 Å². The van der Waals surface area contributed by atoms with Gasteiger partial charge in [-0.1, -0.05) is 35.9 Å². The summed E-state index contributed by atoms with van der Waals surface area (Å²) >= 11 is 5.74. The summed E-state index contributed by atoms with van der Waals surface area (Å²) in [6.45, 7) is 0. The van der Waals surface area contributed by atoms with Gasteiger partial charge in [-0.2, -0.15) is 0 Å². The molecule has 0 bridgehead atoms. The van der Waals surface area contributed by atoms with Crippen LogP contribution < -0.4 is 0 Å². The molecule has 0 aromatic heterocycles. The van der Waals surface area contributed by atoms with Crippen molar-refractivity contribution in [1.29, 1.82) is 0 Å². The van der Waals surface area contributed by atoms with Gasteiger partial charge in [-0.25, -0.2) is 21.2 Å². The summed E-state index contributed by atoms with van der Waals surface area (Å²) in [4.78, 5) is -1.33. The van der Waals surface area contributed by atoms with E-state index in [1.165, 1.54) is 30.3 Å². The molecule has 1 aliphatic rings. The molecule has 0 fully saturated rings. The molecule has 1 heterocycles. The first kappa shape index (κ1) is 16.4. The maximum absolute atomic E-state index is 15.4. The fourth-order valence-corrected chi connectivity index (χ4v) is 7.70. The maximum Gasteiger partial charge on any atom is 0.346 e. The summed E-state index contributed by atoms with van der Waals surface area (Å²) in [5, 5.41) is 10.4. The molecule has 1 atom stereocenters. The molecule has 1 unspecified atom stereocenters. The van der Waals surface area contributed by atoms with Crippen LogP contribution in [0, 0.1) is 0 Å². The molecule has 23 heavy (non-hydrogen) atoms. The number of sulfone groups is 2. The highest BCUT2D eigenvalue weighted by Gasteiger charge is 2.68. The topological polar surface area (TPSA) is 88.5 Å². The Morgan fingerprint density at radius 2 is 1.48 bits per heavy atom. The van der Waals surface area contributed by atoms with Crippen LogP contribution in [-0.4, -0.2) is 26.3 Å². The van der Waals surface area contributed by atoms with E-state index in [0.29, 0.717) is 0 Å². The molecule has 122 valence electrons. The number of aliphatic hydroxyl groups is 1. The highest BCUT2D eigenvalue weighted by Crippen LogP contribution is 2.52. The van der Waals surface area contributed by atoms with Gasteiger partial charge in [0, 0.05) is 5.02 Å². The number of aliphatic hydroxyl groups excluding tert-OH is 1. The second-order valence-electron chi connectivity index (χ2n) is 4.99. The van der Waals surface area contributed by atoms with E-state index in [0.717, 1.165) is 18.2 Å². The lowest BCUT2D eigenvalue weighted by Gasteiger charge is -2.24. The molecule has 1 N–H and O–H groups in total. The van der Waals surface area contributed by atoms with Crippen LogP contribution in [0.15, 0.2) is 58.3 Å². The number of fused-ring (bicyclic) bond motifs is 1. The van der Waals surface area contributed by atoms with Crippen LogP contribution in [0.25, 0.3) is 0 Å². The summed E-state index contributed by atoms with van der Waals surface area (Å²) in [6.07, 6.45) is -2.44. The minimum atomic E-state index is -4.96. The van der Waals surface area contributed by atoms with Gasteiger partial charge in [0.2, 0.25) is 19.7 Å². The van der Waals surface area contributed by atoms with E-state index in [-0.39, 0.29) is 10.6 Å². The summed E-state index contributed by atoms with van der Waals surface area (Å²) in [5.74, 6) is 0. The second kappa shape index (κ2) is 5.01. The molecule has 1 aliphatic heterocycles. The van der Waals surface area contributed by atoms with Gasteiger partial charge < -0.3 is 5.11 Å². The average Bonchev–Trinajstić information content (AvgIpc) is 2.64. The van der Waals surface area contributed by atoms with Crippen molar-refractivity contribution in [3.63, 3.8) is 0 Å². The maximum atomic E-state index is 15.4. The van der Waals surface area contributed by atoms with Crippen LogP contribution in [0.5, 0.6) is 0 Å². The lowest BCUT2D eigenvalue weighted by molar-refractivity contribution is 0.0958. The van der Waals surface area contributed by atoms with Gasteiger partial charge in [-0.05, 0) is 29.8 Å². The van der Waals surface area contributed by atoms with Crippen LogP contribution in [-0.2, 0) is 19.7 Å². The quantitative estimate of drug-likeness (QED) is 0.868. The largest absolute Gasteiger partial charge is 0.383 e. The number of hydrogen-bond acceptors (Lipinski definition) is 5. The van der Waals surface area contributed by atoms with Crippen molar-refractivity contribution in [1.82, 2.24) is 0 Å². The van der Waals surface area contributed by atoms with E-state index in [9.17, 15) is 21.9 Å². The van der Waals surface area contributed by atoms with Gasteiger partial charge in [0.25, 0.3) is 0 Å². The molecule has 2 aromatic rings. The predicted molar refractivity (Wildman–Crippen MR) is 81.1 cm³/mol. The van der Waals surface area contributed by atoms with E-state index in [1.807, 2.05) is 0 Å². The Morgan fingerprint density at radius 1 is 0.957 bits per heavy atom. The van der Waals surface area contributed by atoms with Crippen LogP contribution in [0.2, 0.25) is 5.02 Å². The first-order valence-corrected chi connectivity index (χ1v) is 9.69. The average molecular weight is 377 g/mol. The third-order valence-corrected chi connectivity index (χ3v) is 9.12. The first-order valence-electron chi connectivity index (χ1n) is 6.35. The van der Waals surface area contributed by atoms with Crippen molar-refractivity contribution in [2.24, 2.45) is 0 Å². The molecule has 0 spiro atoms. The molecule has 3 rings (SSSR count). The number of hydrogen-bond donors (Lipinski definition) is 1. The highest BCUT2D eigenvalue weighted by atomic mass is 35.5. The minimum Gasteiger partial charge on any atom is -0.383 e. The Bertz CT molecular complexity index is 948. The van der Waals surface area contributed by atoms with Gasteiger partial charge in [0.05, 0.1) is 9.79 Å². The van der Waals surface area contributed by atoms with E-state index in [1.54, 1.807) is 0 Å². The fraction of sp³-hybridized carbons (Fsp3) is 0.143. The molecule has 0 amide bonds. The summed E-state index contributed by atoms with van der Waals surface area (Å²) in [6, 6.07) is 9.64. The van der Waals surface area contributed by atoms with Gasteiger partial charge in [0.15, 0.2) is 0 Å². The Labute approximate surface area is 137 Å². The number of halogens is 2. The van der Waals surface area contributed by atoms with Crippen LogP contribution >= 0.6 is 11.6 Å². The molecule has 0 saturated heterocycles. The van der Waals surface area contributed by atoms with Crippen molar-refractivity contribution < 1.29 is 26.3 Å². The van der Waals surface area contributed by atoms with E-state index >= 15 is 4.39 Å². The normalized spacial score (nSPS) is 21.5. The fourth-order valence-electron chi connectivity index (χ4n) is 2.51. The number of alkyl halides is 1. The van der Waals surface area contributed by atoms with Crippen molar-refractivity contribution in [3.05, 3.63) is 59.1 Å². The Hall–Kier alpha value is -1.48. The van der Waals surface area contributed by atoms with Gasteiger partial charge in [-0.3, -0.25) is 0 Å². The Kier molecular flexibility index (Phi) is 3.57. The zero-order valence-corrected chi connectivity index (χ0v) is 13.7. The van der Waals surface area contributed by atoms with E-state index in [4.69, 9.17) is 11.6 Å². The number of benzene rings is 2. The third-order valence-electron chi connectivity index (χ3n) is 3.65. The van der Waals surface area contributed by atoms with E-state index < -0.39 is 39.9 Å². The first-order chi connectivity index (χ1) is 10.6. The highest BCUT2D eigenvalue weighted by molar-refractivity contribution is 8.12. The van der Waals surface area contributed by atoms with Crippen molar-refractivity contribution >= 4 is 31.3 Å². The molecule has 0 aliphatic carbocycles. The molecular weight excluding hydrogens is 367 g/mol. The van der Waals surface area contributed by atoms with Gasteiger partial charge in [-0.15, -0.1) is 0 Å². The standard InChI is InChI=1S/C14H10ClFO5S2/c15-10-5-3-4-9(8-10)13(17)14(16)22(18,19)11-6-1-2-7-12(11)23(14,20)21/h1-8,13,17H. The predicted octanol–water partition coefficient (Wildman–Crippen LogP) is 2.26. The van der Waals surface area contributed by atoms with Crippen LogP contribution in [0.3, 0.4) is 0 Å². The lowest BCUT2D eigenvalue weighted by atomic mass is 10.1. The van der Waals surface area contributed by atoms with E-state index in [2.05, 4.69) is 0 Å². The van der Waals surface area contributed by atoms with Crippen molar-refractivity contribution in [2.45, 2.75) is 20.2 Å². The van der Waals surface area contributed by atoms with Crippen molar-refractivity contribution in [2.75, 3.05) is 0 Å². The molecule has 0 saturated carbocycles. The number of rotatable bonds is 2. The molecule has 9 heteroatoms. The Balaban J connectivity index is 2.31. The zero-order chi connectivity index (χ0) is 17.0. The summed E-state index contributed by atoms with van der Waals surface area (Å²) in [5.41, 5.74) is -0.250. The van der Waals surface area contributed by atoms with Crippen molar-refractivity contribution in [3.8, 4) is 0 Å². The molecule has 2 aromatic carbocycles. The smallest absolute Gasteiger partial charge is 0.346 e. The van der Waals surface area contributed by atoms with Crippen LogP contribution in [0.4, 0.5) is 4.39 Å². The summed E-state index contributed by atoms with van der Waals surface area (Å²) < 4.78 is 61.4. The third kappa shape index (κ3) is 1.99. The molecule has 5 nitrogen and oxygen atoms in total. The molecular formula is C14H10ClFO5S2. The zero-order valence-electron chi connectivity index (χ0n) is 11.3. The monoisotopic (exact) mass is 376 g/mol. The lowest BCUT2D eigenvalue weighted by Crippen LogP contribution is -2.42. The van der Waals surface area contributed by atoms with Gasteiger partial charge >= 0.3 is 4.33 Å².